The number of nitrogens with two attached hydrogens (primary N) is 1. The number of ether oxygens (including phenoxy) is 1. The quantitative estimate of drug-likeness (QED) is 0.150. The van der Waals surface area contributed by atoms with Crippen LogP contribution in [-0.2, 0) is 9.53 Å². The van der Waals surface area contributed by atoms with Crippen molar-refractivity contribution in [1.29, 1.82) is 0 Å². The highest BCUT2D eigenvalue weighted by molar-refractivity contribution is 6.06. The van der Waals surface area contributed by atoms with Gasteiger partial charge in [-0.05, 0) is 98.5 Å². The van der Waals surface area contributed by atoms with Crippen LogP contribution >= 0.6 is 0 Å². The van der Waals surface area contributed by atoms with Crippen molar-refractivity contribution < 1.29 is 28.6 Å². The van der Waals surface area contributed by atoms with Crippen molar-refractivity contribution >= 4 is 45.9 Å². The lowest BCUT2D eigenvalue weighted by molar-refractivity contribution is -0.120. The number of phenols is 1. The number of nitrogen functional groups attached to an aromatic ring is 1. The average Bonchev–Trinajstić information content (AvgIpc) is 3.69. The molecule has 2 unspecified atom stereocenters. The first-order chi connectivity index (χ1) is 30.0. The summed E-state index contributed by atoms with van der Waals surface area (Å²) >= 11 is 0. The summed E-state index contributed by atoms with van der Waals surface area (Å²) in [4.78, 5) is 45.9. The number of benzene rings is 3. The molecule has 15 heteroatoms. The molecule has 62 heavy (non-hydrogen) atoms. The van der Waals surface area contributed by atoms with Gasteiger partial charge < -0.3 is 34.8 Å². The summed E-state index contributed by atoms with van der Waals surface area (Å²) in [5, 5.41) is 22.1. The summed E-state index contributed by atoms with van der Waals surface area (Å²) in [6, 6.07) is 19.9. The Morgan fingerprint density at radius 3 is 2.47 bits per heavy atom. The van der Waals surface area contributed by atoms with Gasteiger partial charge in [0, 0.05) is 107 Å². The molecule has 324 valence electrons. The highest BCUT2D eigenvalue weighted by atomic mass is 19.1. The van der Waals surface area contributed by atoms with Crippen LogP contribution in [0, 0.1) is 18.7 Å². The molecule has 3 aromatic carbocycles. The number of fused-ring (bicyclic) bond motifs is 1. The predicted molar refractivity (Wildman–Crippen MR) is 236 cm³/mol. The third-order valence-corrected chi connectivity index (χ3v) is 13.5. The number of halogens is 1. The first-order valence-corrected chi connectivity index (χ1v) is 21.8. The van der Waals surface area contributed by atoms with Crippen LogP contribution in [0.25, 0.3) is 22.2 Å². The molecule has 4 amide bonds. The summed E-state index contributed by atoms with van der Waals surface area (Å²) in [5.74, 6) is 0.338. The first-order valence-electron chi connectivity index (χ1n) is 21.8. The zero-order valence-corrected chi connectivity index (χ0v) is 35.3. The maximum absolute atomic E-state index is 15.4. The Hall–Kier alpha value is -6.06. The van der Waals surface area contributed by atoms with Crippen LogP contribution in [0.4, 0.5) is 26.4 Å². The average molecular weight is 844 g/mol. The number of carbonyl (C=O) groups excluding carboxylic acids is 3. The smallest absolute Gasteiger partial charge is 0.328 e. The molecule has 0 spiro atoms. The van der Waals surface area contributed by atoms with Crippen LogP contribution in [0.2, 0.25) is 0 Å². The third kappa shape index (κ3) is 8.30. The molecule has 0 saturated carbocycles. The van der Waals surface area contributed by atoms with Gasteiger partial charge in [0.2, 0.25) is 5.91 Å². The van der Waals surface area contributed by atoms with Crippen LogP contribution < -0.4 is 20.9 Å². The molecule has 2 atom stereocenters. The van der Waals surface area contributed by atoms with Crippen molar-refractivity contribution in [3.8, 4) is 17.0 Å². The maximum atomic E-state index is 15.4. The molecule has 0 radical (unpaired) electrons. The van der Waals surface area contributed by atoms with E-state index in [0.717, 1.165) is 87.0 Å². The van der Waals surface area contributed by atoms with E-state index >= 15 is 4.39 Å². The zero-order chi connectivity index (χ0) is 43.1. The minimum Gasteiger partial charge on any atom is -0.507 e. The van der Waals surface area contributed by atoms with Gasteiger partial charge in [0.1, 0.15) is 11.6 Å². The fraction of sp³-hybridized carbons (Fsp3) is 0.426. The van der Waals surface area contributed by atoms with Gasteiger partial charge in [0.05, 0.1) is 28.7 Å². The largest absolute Gasteiger partial charge is 0.507 e. The second-order valence-corrected chi connectivity index (χ2v) is 17.4. The van der Waals surface area contributed by atoms with E-state index in [0.29, 0.717) is 41.6 Å². The van der Waals surface area contributed by atoms with Crippen molar-refractivity contribution in [3.63, 3.8) is 0 Å². The van der Waals surface area contributed by atoms with Gasteiger partial charge in [0.15, 0.2) is 5.82 Å². The Bertz CT molecular complexity index is 2500. The number of nitrogens with one attached hydrogen (secondary N) is 1. The zero-order valence-electron chi connectivity index (χ0n) is 35.3. The number of imide groups is 1. The summed E-state index contributed by atoms with van der Waals surface area (Å²) in [6.07, 6.45) is 6.78. The lowest BCUT2D eigenvalue weighted by atomic mass is 9.85. The highest BCUT2D eigenvalue weighted by Gasteiger charge is 2.33. The van der Waals surface area contributed by atoms with Gasteiger partial charge in [-0.15, -0.1) is 10.2 Å². The monoisotopic (exact) mass is 843 g/mol. The number of para-hydroxylation sites is 1. The number of rotatable bonds is 9. The number of phenolic OH excluding ortho intramolecular Hbond substituents is 1. The number of carbonyl (C=O) groups is 3. The Morgan fingerprint density at radius 1 is 0.935 bits per heavy atom. The van der Waals surface area contributed by atoms with Crippen LogP contribution in [0.3, 0.4) is 0 Å². The fourth-order valence-corrected chi connectivity index (χ4v) is 10.1. The van der Waals surface area contributed by atoms with Gasteiger partial charge in [0.25, 0.3) is 5.91 Å². The lowest BCUT2D eigenvalue weighted by Gasteiger charge is -2.39. The number of likely N-dealkylation sites (tertiary alicyclic amines) is 2. The third-order valence-electron chi connectivity index (χ3n) is 13.5. The summed E-state index contributed by atoms with van der Waals surface area (Å²) in [7, 11) is 1.73. The van der Waals surface area contributed by atoms with Gasteiger partial charge in [-0.3, -0.25) is 19.8 Å². The Morgan fingerprint density at radius 2 is 1.73 bits per heavy atom. The number of nitrogens with zero attached hydrogens (tertiary/aromatic N) is 7. The van der Waals surface area contributed by atoms with Crippen molar-refractivity contribution in [2.75, 3.05) is 75.0 Å². The Labute approximate surface area is 360 Å². The van der Waals surface area contributed by atoms with E-state index < -0.39 is 11.8 Å². The molecule has 0 aliphatic carbocycles. The molecule has 6 heterocycles. The Kier molecular flexibility index (Phi) is 11.6. The van der Waals surface area contributed by atoms with Crippen molar-refractivity contribution in [1.82, 2.24) is 29.9 Å². The molecular weight excluding hydrogens is 790 g/mol. The fourth-order valence-electron chi connectivity index (χ4n) is 10.1. The lowest BCUT2D eigenvalue weighted by Crippen LogP contribution is -2.49. The summed E-state index contributed by atoms with van der Waals surface area (Å²) in [6.45, 7) is 7.93. The molecule has 0 bridgehead atoms. The molecule has 4 N–H and O–H groups in total. The minimum absolute atomic E-state index is 0.0450. The number of piperidine rings is 3. The SMILES string of the molecule is COC1CC(c2ccc(C(=O)N3CCC(CN4CCC(n5ccc6cc(N7CCC(=O)NC7=O)c(F)cc65)CC4)CC3)cc2C)CN(c2cc(-c3ccccc3O)nnc2N)C1. The van der Waals surface area contributed by atoms with Crippen LogP contribution in [-0.4, -0.2) is 113 Å². The van der Waals surface area contributed by atoms with E-state index in [4.69, 9.17) is 10.5 Å². The highest BCUT2D eigenvalue weighted by Crippen LogP contribution is 2.38. The van der Waals surface area contributed by atoms with E-state index in [1.165, 1.54) is 16.5 Å². The predicted octanol–water partition coefficient (Wildman–Crippen LogP) is 6.48. The number of aromatic nitrogens is 3. The number of anilines is 3. The Balaban J connectivity index is 0.782. The van der Waals surface area contributed by atoms with Crippen molar-refractivity contribution in [2.45, 2.75) is 63.5 Å². The summed E-state index contributed by atoms with van der Waals surface area (Å²) in [5.41, 5.74) is 12.2. The van der Waals surface area contributed by atoms with Crippen LogP contribution in [0.1, 0.15) is 72.0 Å². The number of hydrogen-bond donors (Lipinski definition) is 3. The molecule has 4 fully saturated rings. The maximum Gasteiger partial charge on any atom is 0.328 e. The van der Waals surface area contributed by atoms with E-state index in [9.17, 15) is 19.5 Å². The number of aryl methyl sites for hydroxylation is 1. The molecule has 4 aliphatic rings. The molecular formula is C47H54FN9O5. The molecule has 4 saturated heterocycles. The number of urea groups is 1. The number of aromatic hydroxyl groups is 1. The van der Waals surface area contributed by atoms with Crippen LogP contribution in [0.15, 0.2) is 72.9 Å². The molecule has 5 aromatic rings. The molecule has 4 aliphatic heterocycles. The summed E-state index contributed by atoms with van der Waals surface area (Å²) < 4.78 is 23.5. The van der Waals surface area contributed by atoms with Gasteiger partial charge >= 0.3 is 6.03 Å². The number of methoxy groups -OCH3 is 1. The van der Waals surface area contributed by atoms with E-state index in [1.807, 2.05) is 41.4 Å². The van der Waals surface area contributed by atoms with Crippen LogP contribution in [0.5, 0.6) is 5.75 Å². The molecule has 2 aromatic heterocycles. The number of amides is 4. The minimum atomic E-state index is -0.593. The van der Waals surface area contributed by atoms with Gasteiger partial charge in [-0.1, -0.05) is 18.2 Å². The van der Waals surface area contributed by atoms with E-state index in [1.54, 1.807) is 31.4 Å². The van der Waals surface area contributed by atoms with Gasteiger partial charge in [-0.2, -0.15) is 0 Å². The van der Waals surface area contributed by atoms with Crippen molar-refractivity contribution in [2.24, 2.45) is 5.92 Å². The van der Waals surface area contributed by atoms with Gasteiger partial charge in [-0.25, -0.2) is 9.18 Å². The first kappa shape index (κ1) is 41.3. The topological polar surface area (TPSA) is 162 Å². The standard InChI is InChI=1S/C47H54FN9O5/c1-29-21-32(7-8-36(29)33-22-35(62-2)28-55(27-33)42-25-39(51-52-45(42)49)37-5-3-4-6-43(37)58)46(60)54-17-9-30(10-18-54)26-53-15-12-34(13-16-53)56-19-11-31-23-41(38(48)24-40(31)56)57-20-14-44(59)50-47(57)61/h3-8,11,19,21,23-25,30,33-35,58H,9-10,12-18,20,22,26-28H2,1-2H3,(H2,49,52)(H,50,59,61). The van der Waals surface area contributed by atoms with E-state index in [-0.39, 0.29) is 54.3 Å². The van der Waals surface area contributed by atoms with Crippen molar-refractivity contribution in [3.05, 3.63) is 95.4 Å². The second-order valence-electron chi connectivity index (χ2n) is 17.4. The second kappa shape index (κ2) is 17.4. The molecule has 14 nitrogen and oxygen atoms in total. The molecule has 9 rings (SSSR count). The normalized spacial score (nSPS) is 20.9. The van der Waals surface area contributed by atoms with E-state index in [2.05, 4.69) is 42.9 Å². The number of hydrogen-bond acceptors (Lipinski definition) is 10.